The highest BCUT2D eigenvalue weighted by Crippen LogP contribution is 2.25. The Bertz CT molecular complexity index is 592. The van der Waals surface area contributed by atoms with E-state index in [0.29, 0.717) is 0 Å². The summed E-state index contributed by atoms with van der Waals surface area (Å²) in [5.41, 5.74) is 1.89. The zero-order valence-corrected chi connectivity index (χ0v) is 10.9. The fraction of sp³-hybridized carbons (Fsp3) is 0.182. The maximum Gasteiger partial charge on any atom is 0.209 e. The fourth-order valence-corrected chi connectivity index (χ4v) is 2.56. The average molecular weight is 268 g/mol. The molecule has 0 atom stereocenters. The van der Waals surface area contributed by atoms with Gasteiger partial charge in [-0.1, -0.05) is 24.3 Å². The van der Waals surface area contributed by atoms with Crippen LogP contribution in [0.4, 0.5) is 0 Å². The van der Waals surface area contributed by atoms with Crippen LogP contribution in [-0.2, 0) is 16.6 Å². The third-order valence-corrected chi connectivity index (χ3v) is 3.68. The standard InChI is InChI=1S/C11H12N2O2S2/c1-17(14,15)13-8-9-4-2-3-5-10(9)11-12-6-7-16-11/h2-7,13H,8H2,1H3. The quantitative estimate of drug-likeness (QED) is 0.920. The Balaban J connectivity index is 2.29. The number of nitrogens with zero attached hydrogens (tertiary/aromatic N) is 1. The molecule has 0 aliphatic rings. The highest BCUT2D eigenvalue weighted by atomic mass is 32.2. The van der Waals surface area contributed by atoms with E-state index < -0.39 is 10.0 Å². The van der Waals surface area contributed by atoms with E-state index in [-0.39, 0.29) is 6.54 Å². The first-order valence-corrected chi connectivity index (χ1v) is 7.76. The lowest BCUT2D eigenvalue weighted by molar-refractivity contribution is 0.587. The summed E-state index contributed by atoms with van der Waals surface area (Å²) in [7, 11) is -3.17. The van der Waals surface area contributed by atoms with Gasteiger partial charge < -0.3 is 0 Å². The van der Waals surface area contributed by atoms with Crippen molar-refractivity contribution in [2.75, 3.05) is 6.26 Å². The summed E-state index contributed by atoms with van der Waals surface area (Å²) in [5.74, 6) is 0. The van der Waals surface area contributed by atoms with E-state index in [1.54, 1.807) is 6.20 Å². The Labute approximate surface area is 104 Å². The zero-order valence-electron chi connectivity index (χ0n) is 9.25. The summed E-state index contributed by atoms with van der Waals surface area (Å²) in [6.07, 6.45) is 2.89. The molecule has 17 heavy (non-hydrogen) atoms. The molecule has 0 aliphatic heterocycles. The summed E-state index contributed by atoms with van der Waals surface area (Å²) < 4.78 is 24.6. The molecule has 0 unspecified atom stereocenters. The van der Waals surface area contributed by atoms with Gasteiger partial charge in [-0.2, -0.15) is 0 Å². The van der Waals surface area contributed by atoms with Crippen LogP contribution in [0.15, 0.2) is 35.8 Å². The number of hydrogen-bond acceptors (Lipinski definition) is 4. The van der Waals surface area contributed by atoms with Crippen molar-refractivity contribution >= 4 is 21.4 Å². The van der Waals surface area contributed by atoms with Crippen molar-refractivity contribution in [1.29, 1.82) is 0 Å². The topological polar surface area (TPSA) is 59.1 Å². The van der Waals surface area contributed by atoms with Crippen molar-refractivity contribution in [3.63, 3.8) is 0 Å². The van der Waals surface area contributed by atoms with Gasteiger partial charge in [-0.25, -0.2) is 18.1 Å². The van der Waals surface area contributed by atoms with Crippen LogP contribution in [-0.4, -0.2) is 19.7 Å². The van der Waals surface area contributed by atoms with Crippen LogP contribution in [0, 0.1) is 0 Å². The van der Waals surface area contributed by atoms with E-state index in [1.807, 2.05) is 29.6 Å². The molecule has 0 saturated carbocycles. The van der Waals surface area contributed by atoms with E-state index in [2.05, 4.69) is 9.71 Å². The van der Waals surface area contributed by atoms with Gasteiger partial charge in [0.25, 0.3) is 0 Å². The van der Waals surface area contributed by atoms with Crippen LogP contribution in [0.5, 0.6) is 0 Å². The van der Waals surface area contributed by atoms with Gasteiger partial charge in [0.1, 0.15) is 5.01 Å². The third kappa shape index (κ3) is 3.36. The van der Waals surface area contributed by atoms with E-state index in [1.165, 1.54) is 11.3 Å². The fourth-order valence-electron chi connectivity index (χ4n) is 1.45. The molecule has 0 fully saturated rings. The van der Waals surface area contributed by atoms with Crippen molar-refractivity contribution in [3.8, 4) is 10.6 Å². The summed E-state index contributed by atoms with van der Waals surface area (Å²) in [6, 6.07) is 7.64. The maximum absolute atomic E-state index is 11.1. The molecule has 2 rings (SSSR count). The van der Waals surface area contributed by atoms with Crippen LogP contribution in [0.1, 0.15) is 5.56 Å². The Morgan fingerprint density at radius 2 is 2.12 bits per heavy atom. The van der Waals surface area contributed by atoms with Gasteiger partial charge in [-0.05, 0) is 5.56 Å². The number of nitrogens with one attached hydrogen (secondary N) is 1. The number of rotatable bonds is 4. The van der Waals surface area contributed by atoms with Gasteiger partial charge in [0.15, 0.2) is 0 Å². The van der Waals surface area contributed by atoms with Gasteiger partial charge >= 0.3 is 0 Å². The lowest BCUT2D eigenvalue weighted by Crippen LogP contribution is -2.21. The van der Waals surface area contributed by atoms with Gasteiger partial charge in [-0.15, -0.1) is 11.3 Å². The highest BCUT2D eigenvalue weighted by Gasteiger charge is 2.08. The number of thiazole rings is 1. The molecule has 0 bridgehead atoms. The predicted molar refractivity (Wildman–Crippen MR) is 69.2 cm³/mol. The van der Waals surface area contributed by atoms with Crippen LogP contribution < -0.4 is 4.72 Å². The highest BCUT2D eigenvalue weighted by molar-refractivity contribution is 7.88. The molecule has 1 N–H and O–H groups in total. The molecule has 1 aromatic carbocycles. The van der Waals surface area contributed by atoms with Crippen molar-refractivity contribution in [3.05, 3.63) is 41.4 Å². The average Bonchev–Trinajstić information content (AvgIpc) is 2.79. The SMILES string of the molecule is CS(=O)(=O)NCc1ccccc1-c1nccs1. The van der Waals surface area contributed by atoms with Crippen LogP contribution in [0.2, 0.25) is 0 Å². The molecule has 0 aliphatic carbocycles. The van der Waals surface area contributed by atoms with Crippen molar-refractivity contribution in [2.24, 2.45) is 0 Å². The van der Waals surface area contributed by atoms with E-state index in [0.717, 1.165) is 22.4 Å². The van der Waals surface area contributed by atoms with E-state index in [9.17, 15) is 8.42 Å². The Morgan fingerprint density at radius 3 is 2.76 bits per heavy atom. The summed E-state index contributed by atoms with van der Waals surface area (Å²) in [6.45, 7) is 0.286. The smallest absolute Gasteiger partial charge is 0.209 e. The molecular formula is C11H12N2O2S2. The molecule has 2 aromatic rings. The second-order valence-corrected chi connectivity index (χ2v) is 6.32. The summed E-state index contributed by atoms with van der Waals surface area (Å²) >= 11 is 1.54. The van der Waals surface area contributed by atoms with Gasteiger partial charge in [0.2, 0.25) is 10.0 Å². The molecule has 90 valence electrons. The molecule has 0 radical (unpaired) electrons. The van der Waals surface area contributed by atoms with Crippen LogP contribution in [0.25, 0.3) is 10.6 Å². The minimum atomic E-state index is -3.17. The van der Waals surface area contributed by atoms with Crippen molar-refractivity contribution < 1.29 is 8.42 Å². The second kappa shape index (κ2) is 4.95. The van der Waals surface area contributed by atoms with Gasteiger partial charge in [0.05, 0.1) is 6.26 Å². The zero-order chi connectivity index (χ0) is 12.3. The van der Waals surface area contributed by atoms with E-state index >= 15 is 0 Å². The minimum absolute atomic E-state index is 0.286. The van der Waals surface area contributed by atoms with Crippen LogP contribution in [0.3, 0.4) is 0 Å². The lowest BCUT2D eigenvalue weighted by Gasteiger charge is -2.07. The molecule has 1 heterocycles. The number of sulfonamides is 1. The first-order valence-electron chi connectivity index (χ1n) is 4.99. The molecule has 0 saturated heterocycles. The molecule has 6 heteroatoms. The maximum atomic E-state index is 11.1. The third-order valence-electron chi connectivity index (χ3n) is 2.20. The molecular weight excluding hydrogens is 256 g/mol. The molecule has 0 amide bonds. The first-order chi connectivity index (χ1) is 8.06. The Kier molecular flexibility index (Phi) is 3.56. The molecule has 4 nitrogen and oxygen atoms in total. The van der Waals surface area contributed by atoms with E-state index in [4.69, 9.17) is 0 Å². The van der Waals surface area contributed by atoms with Gasteiger partial charge in [-0.3, -0.25) is 0 Å². The lowest BCUT2D eigenvalue weighted by atomic mass is 10.1. The number of hydrogen-bond donors (Lipinski definition) is 1. The van der Waals surface area contributed by atoms with Crippen molar-refractivity contribution in [2.45, 2.75) is 6.54 Å². The Morgan fingerprint density at radius 1 is 1.35 bits per heavy atom. The monoisotopic (exact) mass is 268 g/mol. The predicted octanol–water partition coefficient (Wildman–Crippen LogP) is 1.86. The summed E-state index contributed by atoms with van der Waals surface area (Å²) in [4.78, 5) is 4.23. The minimum Gasteiger partial charge on any atom is -0.245 e. The number of aromatic nitrogens is 1. The molecule has 0 spiro atoms. The largest absolute Gasteiger partial charge is 0.245 e. The van der Waals surface area contributed by atoms with Gasteiger partial charge in [0, 0.05) is 23.7 Å². The first kappa shape index (κ1) is 12.2. The van der Waals surface area contributed by atoms with Crippen molar-refractivity contribution in [1.82, 2.24) is 9.71 Å². The summed E-state index contributed by atoms with van der Waals surface area (Å²) in [5, 5.41) is 2.80. The van der Waals surface area contributed by atoms with Crippen LogP contribution >= 0.6 is 11.3 Å². The molecule has 1 aromatic heterocycles. The second-order valence-electron chi connectivity index (χ2n) is 3.59. The normalized spacial score (nSPS) is 11.6. The number of benzene rings is 1. The Hall–Kier alpha value is -1.24.